The molecule has 6 rings (SSSR count). The molecule has 3 aliphatic rings. The molecule has 16 heteroatoms. The van der Waals surface area contributed by atoms with Gasteiger partial charge in [-0.3, -0.25) is 14.4 Å². The fourth-order valence-corrected chi connectivity index (χ4v) is 8.18. The number of hydrogen-bond donors (Lipinski definition) is 4. The summed E-state index contributed by atoms with van der Waals surface area (Å²) in [6.07, 6.45) is 3.43. The lowest BCUT2D eigenvalue weighted by molar-refractivity contribution is -0.146. The first-order valence-electron chi connectivity index (χ1n) is 18.4. The number of pyridine rings is 1. The molecule has 294 valence electrons. The number of carboxylic acid groups (broad SMARTS) is 1. The van der Waals surface area contributed by atoms with Crippen molar-refractivity contribution in [1.82, 2.24) is 25.5 Å². The highest BCUT2D eigenvalue weighted by atomic mass is 32.1. The number of rotatable bonds is 12. The number of hydrogen-bond acceptors (Lipinski definition) is 11. The Balaban J connectivity index is 1.35. The van der Waals surface area contributed by atoms with Crippen LogP contribution in [0, 0.1) is 18.3 Å². The zero-order chi connectivity index (χ0) is 39.8. The molecule has 2 aliphatic carbocycles. The number of aryl methyl sites for hydroxylation is 1. The Bertz CT molecular complexity index is 2020. The molecule has 3 heterocycles. The van der Waals surface area contributed by atoms with E-state index >= 15 is 0 Å². The number of aromatic nitrogens is 2. The standard InChI is InChI=1S/C39H48N6O9S/c1-8-22-17-39(22,35(49)50)44-33(47)28-15-24(18-45(28)34(48)32(38(4,5)6)43-37(51)54-23-11-9-10-12-23)53-30-16-26(27-19-55-36(42-27)40-21(3)46)41-31-20(2)29(52-7)14-13-25(30)31/h8,13-14,16,19,22-24,28,32H,1,9-12,15,17-18H2,2-7H3,(H,43,51)(H,44,47)(H,49,50)(H,40,42,46)/t22-,24-,28+,32-,39-/m1/s1. The third-order valence-corrected chi connectivity index (χ3v) is 11.3. The predicted octanol–water partition coefficient (Wildman–Crippen LogP) is 5.21. The Hall–Kier alpha value is -5.25. The van der Waals surface area contributed by atoms with Crippen LogP contribution in [0.4, 0.5) is 9.93 Å². The maximum atomic E-state index is 14.6. The van der Waals surface area contributed by atoms with E-state index in [-0.39, 0.29) is 31.4 Å². The molecule has 15 nitrogen and oxygen atoms in total. The minimum Gasteiger partial charge on any atom is -0.496 e. The van der Waals surface area contributed by atoms with E-state index in [0.29, 0.717) is 38.9 Å². The summed E-state index contributed by atoms with van der Waals surface area (Å²) in [4.78, 5) is 76.7. The molecule has 0 bridgehead atoms. The van der Waals surface area contributed by atoms with Gasteiger partial charge in [0.1, 0.15) is 47.0 Å². The van der Waals surface area contributed by atoms with Gasteiger partial charge in [0, 0.05) is 41.7 Å². The molecule has 0 unspecified atom stereocenters. The zero-order valence-corrected chi connectivity index (χ0v) is 32.7. The Kier molecular flexibility index (Phi) is 11.1. The van der Waals surface area contributed by atoms with Crippen molar-refractivity contribution in [3.05, 3.63) is 41.8 Å². The number of alkyl carbamates (subject to hydrolysis) is 1. The van der Waals surface area contributed by atoms with E-state index in [1.165, 1.54) is 29.2 Å². The van der Waals surface area contributed by atoms with E-state index in [1.807, 2.05) is 13.0 Å². The minimum atomic E-state index is -1.53. The van der Waals surface area contributed by atoms with Crippen molar-refractivity contribution in [2.75, 3.05) is 19.0 Å². The Morgan fingerprint density at radius 1 is 1.09 bits per heavy atom. The van der Waals surface area contributed by atoms with Crippen LogP contribution in [0.3, 0.4) is 0 Å². The van der Waals surface area contributed by atoms with Gasteiger partial charge in [0.15, 0.2) is 5.13 Å². The van der Waals surface area contributed by atoms with E-state index in [1.54, 1.807) is 45.4 Å². The quantitative estimate of drug-likeness (QED) is 0.176. The van der Waals surface area contributed by atoms with Gasteiger partial charge < -0.3 is 40.2 Å². The molecule has 4 N–H and O–H groups in total. The van der Waals surface area contributed by atoms with Gasteiger partial charge in [-0.15, -0.1) is 17.9 Å². The number of aliphatic carboxylic acids is 1. The minimum absolute atomic E-state index is 0.0209. The van der Waals surface area contributed by atoms with Crippen LogP contribution >= 0.6 is 11.3 Å². The van der Waals surface area contributed by atoms with Crippen molar-refractivity contribution in [2.45, 2.75) is 103 Å². The molecule has 3 aromatic rings. The van der Waals surface area contributed by atoms with Gasteiger partial charge in [-0.1, -0.05) is 26.8 Å². The number of nitrogens with one attached hydrogen (secondary N) is 3. The second-order valence-electron chi connectivity index (χ2n) is 15.6. The Labute approximate surface area is 323 Å². The van der Waals surface area contributed by atoms with E-state index in [9.17, 15) is 29.1 Å². The second kappa shape index (κ2) is 15.5. The highest BCUT2D eigenvalue weighted by Gasteiger charge is 2.61. The fraction of sp³-hybridized carbons (Fsp3) is 0.513. The van der Waals surface area contributed by atoms with Crippen LogP contribution in [0.25, 0.3) is 22.3 Å². The fourth-order valence-electron chi connectivity index (χ4n) is 7.43. The van der Waals surface area contributed by atoms with Crippen LogP contribution in [0.5, 0.6) is 11.5 Å². The molecule has 2 aromatic heterocycles. The van der Waals surface area contributed by atoms with Crippen LogP contribution in [0.1, 0.15) is 71.8 Å². The van der Waals surface area contributed by atoms with Gasteiger partial charge in [-0.25, -0.2) is 19.6 Å². The van der Waals surface area contributed by atoms with Crippen molar-refractivity contribution in [2.24, 2.45) is 11.3 Å². The summed E-state index contributed by atoms with van der Waals surface area (Å²) >= 11 is 1.24. The second-order valence-corrected chi connectivity index (χ2v) is 16.4. The van der Waals surface area contributed by atoms with Crippen LogP contribution in [0.15, 0.2) is 36.2 Å². The van der Waals surface area contributed by atoms with Crippen LogP contribution < -0.4 is 25.4 Å². The van der Waals surface area contributed by atoms with Crippen LogP contribution in [-0.4, -0.2) is 93.2 Å². The van der Waals surface area contributed by atoms with E-state index in [2.05, 4.69) is 27.5 Å². The average Bonchev–Trinajstić information content (AvgIpc) is 3.53. The van der Waals surface area contributed by atoms with Crippen LogP contribution in [0.2, 0.25) is 0 Å². The summed E-state index contributed by atoms with van der Waals surface area (Å²) in [6, 6.07) is 3.11. The topological polar surface area (TPSA) is 198 Å². The Morgan fingerprint density at radius 3 is 2.44 bits per heavy atom. The van der Waals surface area contributed by atoms with Crippen molar-refractivity contribution in [1.29, 1.82) is 0 Å². The summed E-state index contributed by atoms with van der Waals surface area (Å²) in [7, 11) is 1.56. The Morgan fingerprint density at radius 2 is 1.82 bits per heavy atom. The molecule has 1 aliphatic heterocycles. The lowest BCUT2D eigenvalue weighted by Crippen LogP contribution is -2.59. The van der Waals surface area contributed by atoms with Crippen molar-refractivity contribution in [3.63, 3.8) is 0 Å². The number of benzene rings is 1. The lowest BCUT2D eigenvalue weighted by atomic mass is 9.85. The molecule has 4 amide bonds. The van der Waals surface area contributed by atoms with Gasteiger partial charge in [0.2, 0.25) is 17.7 Å². The first-order chi connectivity index (χ1) is 26.0. The first kappa shape index (κ1) is 39.4. The SMILES string of the molecule is C=C[C@@H]1C[C@]1(NC(=O)[C@@H]1C[C@@H](Oc2cc(-c3csc(NC(C)=O)n3)nc3c(C)c(OC)ccc23)CN1C(=O)[C@@H](NC(=O)OC1CCCC1)C(C)(C)C)C(=O)O. The molecule has 55 heavy (non-hydrogen) atoms. The molecule has 3 fully saturated rings. The first-order valence-corrected chi connectivity index (χ1v) is 19.3. The zero-order valence-electron chi connectivity index (χ0n) is 31.9. The molecular formula is C39H48N6O9S. The number of ether oxygens (including phenoxy) is 3. The molecular weight excluding hydrogens is 729 g/mol. The molecule has 2 saturated carbocycles. The van der Waals surface area contributed by atoms with Crippen molar-refractivity contribution < 1.29 is 43.3 Å². The number of anilines is 1. The predicted molar refractivity (Wildman–Crippen MR) is 205 cm³/mol. The number of thiazole rings is 1. The van der Waals surface area contributed by atoms with E-state index in [4.69, 9.17) is 19.2 Å². The van der Waals surface area contributed by atoms with Gasteiger partial charge in [0.05, 0.1) is 24.9 Å². The number of nitrogens with zero attached hydrogens (tertiary/aromatic N) is 3. The van der Waals surface area contributed by atoms with Gasteiger partial charge in [-0.2, -0.15) is 0 Å². The van der Waals surface area contributed by atoms with E-state index < -0.39 is 58.9 Å². The smallest absolute Gasteiger partial charge is 0.408 e. The van der Waals surface area contributed by atoms with Gasteiger partial charge >= 0.3 is 12.1 Å². The molecule has 5 atom stereocenters. The highest BCUT2D eigenvalue weighted by molar-refractivity contribution is 7.14. The molecule has 1 saturated heterocycles. The largest absolute Gasteiger partial charge is 0.496 e. The number of amides is 4. The molecule has 1 aromatic carbocycles. The van der Waals surface area contributed by atoms with Crippen LogP contribution in [-0.2, 0) is 23.9 Å². The maximum absolute atomic E-state index is 14.6. The summed E-state index contributed by atoms with van der Waals surface area (Å²) in [5, 5.41) is 21.1. The number of methoxy groups -OCH3 is 1. The lowest BCUT2D eigenvalue weighted by Gasteiger charge is -2.35. The number of carbonyl (C=O) groups is 5. The number of fused-ring (bicyclic) bond motifs is 1. The van der Waals surface area contributed by atoms with Gasteiger partial charge in [-0.05, 0) is 56.6 Å². The summed E-state index contributed by atoms with van der Waals surface area (Å²) in [5.74, 6) is -2.10. The van der Waals surface area contributed by atoms with Gasteiger partial charge in [0.25, 0.3) is 0 Å². The number of likely N-dealkylation sites (tertiary alicyclic amines) is 1. The van der Waals surface area contributed by atoms with Crippen molar-refractivity contribution in [3.8, 4) is 22.9 Å². The molecule has 0 radical (unpaired) electrons. The third kappa shape index (κ3) is 8.23. The number of carbonyl (C=O) groups excluding carboxylic acids is 4. The third-order valence-electron chi connectivity index (χ3n) is 10.5. The highest BCUT2D eigenvalue weighted by Crippen LogP contribution is 2.45. The van der Waals surface area contributed by atoms with E-state index in [0.717, 1.165) is 31.2 Å². The van der Waals surface area contributed by atoms with Crippen molar-refractivity contribution >= 4 is 57.2 Å². The normalized spacial score (nSPS) is 22.8. The maximum Gasteiger partial charge on any atom is 0.408 e. The number of carboxylic acids is 1. The molecule has 0 spiro atoms. The summed E-state index contributed by atoms with van der Waals surface area (Å²) in [6.45, 7) is 12.3. The average molecular weight is 777 g/mol. The summed E-state index contributed by atoms with van der Waals surface area (Å²) in [5.41, 5.74) is -0.0612. The monoisotopic (exact) mass is 776 g/mol. The summed E-state index contributed by atoms with van der Waals surface area (Å²) < 4.78 is 17.9.